The van der Waals surface area contributed by atoms with Crippen LogP contribution in [0.5, 0.6) is 0 Å². The zero-order chi connectivity index (χ0) is 16.4. The number of ether oxygens (including phenoxy) is 1. The number of anilines is 1. The molecule has 2 aliphatic rings. The van der Waals surface area contributed by atoms with Gasteiger partial charge in [-0.15, -0.1) is 0 Å². The Bertz CT molecular complexity index is 667. The number of nitrogens with zero attached hydrogens (tertiary/aromatic N) is 3. The van der Waals surface area contributed by atoms with Crippen LogP contribution in [-0.2, 0) is 11.3 Å². The first-order valence-electron chi connectivity index (χ1n) is 8.67. The zero-order valence-corrected chi connectivity index (χ0v) is 14.1. The number of likely N-dealkylation sites (tertiary alicyclic amines) is 1. The smallest absolute Gasteiger partial charge is 0.133 e. The van der Waals surface area contributed by atoms with E-state index in [1.165, 1.54) is 0 Å². The Kier molecular flexibility index (Phi) is 4.24. The van der Waals surface area contributed by atoms with Crippen molar-refractivity contribution in [1.82, 2.24) is 15.0 Å². The van der Waals surface area contributed by atoms with Gasteiger partial charge in [-0.2, -0.15) is 0 Å². The summed E-state index contributed by atoms with van der Waals surface area (Å²) < 4.78 is 11.3. The zero-order valence-electron chi connectivity index (χ0n) is 14.1. The van der Waals surface area contributed by atoms with Crippen LogP contribution in [0.2, 0.25) is 0 Å². The molecule has 1 spiro atoms. The standard InChI is InChI=1S/C18H24N4O2/c1-14-10-16(21-24-14)11-22-12-18(13-22)15(6-9-23-18)5-8-20-17-4-2-3-7-19-17/h2-4,7,10,15H,5-6,8-9,11-13H2,1H3,(H,19,20). The van der Waals surface area contributed by atoms with Gasteiger partial charge in [-0.25, -0.2) is 4.98 Å². The summed E-state index contributed by atoms with van der Waals surface area (Å²) in [6.07, 6.45) is 4.09. The molecule has 0 aromatic carbocycles. The van der Waals surface area contributed by atoms with Crippen LogP contribution in [0.1, 0.15) is 24.3 Å². The van der Waals surface area contributed by atoms with Crippen molar-refractivity contribution in [2.45, 2.75) is 31.9 Å². The molecule has 6 heteroatoms. The summed E-state index contributed by atoms with van der Waals surface area (Å²) in [6, 6.07) is 7.95. The van der Waals surface area contributed by atoms with Crippen molar-refractivity contribution in [1.29, 1.82) is 0 Å². The van der Waals surface area contributed by atoms with E-state index in [4.69, 9.17) is 9.26 Å². The highest BCUT2D eigenvalue weighted by Crippen LogP contribution is 2.42. The number of hydrogen-bond donors (Lipinski definition) is 1. The van der Waals surface area contributed by atoms with Crippen LogP contribution in [0.3, 0.4) is 0 Å². The molecule has 2 saturated heterocycles. The Morgan fingerprint density at radius 1 is 1.38 bits per heavy atom. The van der Waals surface area contributed by atoms with Gasteiger partial charge >= 0.3 is 0 Å². The molecule has 0 radical (unpaired) electrons. The molecule has 0 amide bonds. The lowest BCUT2D eigenvalue weighted by atomic mass is 9.79. The van der Waals surface area contributed by atoms with Gasteiger partial charge in [0.25, 0.3) is 0 Å². The minimum Gasteiger partial charge on any atom is -0.372 e. The average Bonchev–Trinajstić information content (AvgIpc) is 3.15. The third kappa shape index (κ3) is 3.16. The summed E-state index contributed by atoms with van der Waals surface area (Å²) in [5, 5.41) is 7.49. The van der Waals surface area contributed by atoms with E-state index < -0.39 is 0 Å². The predicted octanol–water partition coefficient (Wildman–Crippen LogP) is 2.47. The molecule has 2 aromatic heterocycles. The molecule has 1 unspecified atom stereocenters. The van der Waals surface area contributed by atoms with Crippen molar-refractivity contribution in [2.24, 2.45) is 5.92 Å². The molecule has 0 aliphatic carbocycles. The van der Waals surface area contributed by atoms with Crippen molar-refractivity contribution in [3.63, 3.8) is 0 Å². The maximum Gasteiger partial charge on any atom is 0.133 e. The van der Waals surface area contributed by atoms with Gasteiger partial charge in [0.15, 0.2) is 0 Å². The molecule has 2 aliphatic heterocycles. The van der Waals surface area contributed by atoms with Crippen LogP contribution in [0.25, 0.3) is 0 Å². The number of aromatic nitrogens is 2. The SMILES string of the molecule is Cc1cc(CN2CC3(C2)OCCC3CCNc2ccccn2)no1. The van der Waals surface area contributed by atoms with Crippen LogP contribution in [-0.4, -0.2) is 46.9 Å². The van der Waals surface area contributed by atoms with Crippen molar-refractivity contribution in [2.75, 3.05) is 31.6 Å². The van der Waals surface area contributed by atoms with Crippen molar-refractivity contribution in [3.8, 4) is 0 Å². The van der Waals surface area contributed by atoms with Gasteiger partial charge in [-0.3, -0.25) is 4.90 Å². The predicted molar refractivity (Wildman–Crippen MR) is 90.7 cm³/mol. The monoisotopic (exact) mass is 328 g/mol. The summed E-state index contributed by atoms with van der Waals surface area (Å²) >= 11 is 0. The Balaban J connectivity index is 1.26. The highest BCUT2D eigenvalue weighted by atomic mass is 16.5. The topological polar surface area (TPSA) is 63.4 Å². The van der Waals surface area contributed by atoms with Gasteiger partial charge in [0, 0.05) is 45.0 Å². The van der Waals surface area contributed by atoms with E-state index in [-0.39, 0.29) is 5.60 Å². The maximum atomic E-state index is 6.14. The Hall–Kier alpha value is -1.92. The van der Waals surface area contributed by atoms with Gasteiger partial charge in [-0.1, -0.05) is 11.2 Å². The van der Waals surface area contributed by atoms with E-state index in [1.807, 2.05) is 37.4 Å². The van der Waals surface area contributed by atoms with Gasteiger partial charge in [0.05, 0.1) is 11.3 Å². The molecule has 4 rings (SSSR count). The molecule has 0 saturated carbocycles. The largest absolute Gasteiger partial charge is 0.372 e. The normalized spacial score (nSPS) is 22.6. The number of pyridine rings is 1. The molecule has 1 atom stereocenters. The molecule has 128 valence electrons. The first-order valence-corrected chi connectivity index (χ1v) is 8.67. The van der Waals surface area contributed by atoms with Crippen molar-refractivity contribution in [3.05, 3.63) is 41.9 Å². The highest BCUT2D eigenvalue weighted by molar-refractivity contribution is 5.32. The van der Waals surface area contributed by atoms with E-state index in [2.05, 4.69) is 20.4 Å². The highest BCUT2D eigenvalue weighted by Gasteiger charge is 2.52. The van der Waals surface area contributed by atoms with Crippen LogP contribution >= 0.6 is 0 Å². The summed E-state index contributed by atoms with van der Waals surface area (Å²) in [5.74, 6) is 2.43. The fourth-order valence-electron chi connectivity index (χ4n) is 3.93. The van der Waals surface area contributed by atoms with Crippen LogP contribution in [0.15, 0.2) is 35.0 Å². The molecule has 6 nitrogen and oxygen atoms in total. The average molecular weight is 328 g/mol. The molecule has 24 heavy (non-hydrogen) atoms. The van der Waals surface area contributed by atoms with E-state index in [1.54, 1.807) is 0 Å². The molecule has 4 heterocycles. The van der Waals surface area contributed by atoms with E-state index in [0.29, 0.717) is 5.92 Å². The Labute approximate surface area is 142 Å². The number of hydrogen-bond acceptors (Lipinski definition) is 6. The first-order chi connectivity index (χ1) is 11.7. The molecule has 2 fully saturated rings. The van der Waals surface area contributed by atoms with Crippen LogP contribution in [0.4, 0.5) is 5.82 Å². The van der Waals surface area contributed by atoms with Gasteiger partial charge in [0.1, 0.15) is 11.6 Å². The Morgan fingerprint density at radius 3 is 3.04 bits per heavy atom. The van der Waals surface area contributed by atoms with E-state index in [9.17, 15) is 0 Å². The molecular weight excluding hydrogens is 304 g/mol. The summed E-state index contributed by atoms with van der Waals surface area (Å²) in [4.78, 5) is 6.70. The number of nitrogens with one attached hydrogen (secondary N) is 1. The second-order valence-electron chi connectivity index (χ2n) is 6.90. The van der Waals surface area contributed by atoms with Crippen LogP contribution < -0.4 is 5.32 Å². The number of rotatable bonds is 6. The summed E-state index contributed by atoms with van der Waals surface area (Å²) in [7, 11) is 0. The van der Waals surface area contributed by atoms with Crippen molar-refractivity contribution >= 4 is 5.82 Å². The fraction of sp³-hybridized carbons (Fsp3) is 0.556. The molecular formula is C18H24N4O2. The fourth-order valence-corrected chi connectivity index (χ4v) is 3.93. The van der Waals surface area contributed by atoms with Gasteiger partial charge in [0.2, 0.25) is 0 Å². The maximum absolute atomic E-state index is 6.14. The lowest BCUT2D eigenvalue weighted by Crippen LogP contribution is -2.64. The molecule has 2 aromatic rings. The van der Waals surface area contributed by atoms with E-state index >= 15 is 0 Å². The lowest BCUT2D eigenvalue weighted by Gasteiger charge is -2.50. The minimum atomic E-state index is 0.0462. The second-order valence-corrected chi connectivity index (χ2v) is 6.90. The second kappa shape index (κ2) is 6.53. The summed E-state index contributed by atoms with van der Waals surface area (Å²) in [6.45, 7) is 6.58. The Morgan fingerprint density at radius 2 is 2.29 bits per heavy atom. The first kappa shape index (κ1) is 15.6. The van der Waals surface area contributed by atoms with Crippen LogP contribution in [0, 0.1) is 12.8 Å². The van der Waals surface area contributed by atoms with Crippen molar-refractivity contribution < 1.29 is 9.26 Å². The molecule has 0 bridgehead atoms. The molecule has 1 N–H and O–H groups in total. The quantitative estimate of drug-likeness (QED) is 0.879. The van der Waals surface area contributed by atoms with Gasteiger partial charge in [-0.05, 0) is 37.8 Å². The number of aryl methyl sites for hydroxylation is 1. The lowest BCUT2D eigenvalue weighted by molar-refractivity contribution is -0.136. The van der Waals surface area contributed by atoms with E-state index in [0.717, 1.165) is 62.9 Å². The van der Waals surface area contributed by atoms with Gasteiger partial charge < -0.3 is 14.6 Å². The third-order valence-electron chi connectivity index (χ3n) is 5.11. The summed E-state index contributed by atoms with van der Waals surface area (Å²) in [5.41, 5.74) is 1.05. The third-order valence-corrected chi connectivity index (χ3v) is 5.11. The minimum absolute atomic E-state index is 0.0462.